The molecule has 0 fully saturated rings. The second-order valence-corrected chi connectivity index (χ2v) is 5.68. The van der Waals surface area contributed by atoms with Crippen molar-refractivity contribution in [3.8, 4) is 17.2 Å². The van der Waals surface area contributed by atoms with E-state index in [1.165, 1.54) is 0 Å². The summed E-state index contributed by atoms with van der Waals surface area (Å²) < 4.78 is 5.68. The third kappa shape index (κ3) is 1.62. The number of fused-ring (bicyclic) bond motifs is 2. The van der Waals surface area contributed by atoms with Gasteiger partial charge in [0, 0.05) is 5.56 Å². The van der Waals surface area contributed by atoms with Crippen LogP contribution in [0.2, 0.25) is 0 Å². The molecule has 5 nitrogen and oxygen atoms in total. The molecule has 0 saturated carbocycles. The molecule has 2 aliphatic rings. The molecule has 2 N–H and O–H groups in total. The highest BCUT2D eigenvalue weighted by atomic mass is 16.5. The molecule has 0 atom stereocenters. The number of hydrogen-bond acceptors (Lipinski definition) is 5. The van der Waals surface area contributed by atoms with Crippen LogP contribution in [0.15, 0.2) is 12.2 Å². The van der Waals surface area contributed by atoms with Gasteiger partial charge in [-0.1, -0.05) is 0 Å². The summed E-state index contributed by atoms with van der Waals surface area (Å²) in [7, 11) is 0. The highest BCUT2D eigenvalue weighted by Gasteiger charge is 2.37. The molecule has 0 aromatic heterocycles. The number of phenolic OH excluding ortho intramolecular Hbond substituents is 2. The minimum Gasteiger partial charge on any atom is -0.507 e. The van der Waals surface area contributed by atoms with E-state index in [1.807, 2.05) is 13.8 Å². The Balaban J connectivity index is 2.33. The summed E-state index contributed by atoms with van der Waals surface area (Å²) in [5.41, 5.74) is -0.413. The minimum absolute atomic E-state index is 0.106. The Labute approximate surface area is 115 Å². The minimum atomic E-state index is -0.512. The summed E-state index contributed by atoms with van der Waals surface area (Å²) in [5.74, 6) is -1.51. The highest BCUT2D eigenvalue weighted by Crippen LogP contribution is 2.49. The third-order valence-electron chi connectivity index (χ3n) is 3.73. The number of benzene rings is 1. The van der Waals surface area contributed by atoms with Gasteiger partial charge >= 0.3 is 0 Å². The first-order chi connectivity index (χ1) is 9.32. The number of allylic oxidation sites excluding steroid dienone is 2. The predicted molar refractivity (Wildman–Crippen MR) is 70.6 cm³/mol. The van der Waals surface area contributed by atoms with E-state index < -0.39 is 17.2 Å². The quantitative estimate of drug-likeness (QED) is 0.708. The molecule has 0 spiro atoms. The summed E-state index contributed by atoms with van der Waals surface area (Å²) in [6, 6.07) is 0. The molecule has 1 aliphatic carbocycles. The van der Waals surface area contributed by atoms with Crippen LogP contribution < -0.4 is 4.74 Å². The average Bonchev–Trinajstić information content (AvgIpc) is 2.37. The Morgan fingerprint density at radius 3 is 2.20 bits per heavy atom. The van der Waals surface area contributed by atoms with E-state index in [1.54, 1.807) is 0 Å². The molecule has 0 bridgehead atoms. The van der Waals surface area contributed by atoms with Crippen molar-refractivity contribution in [2.75, 3.05) is 0 Å². The fraction of sp³-hybridized carbons (Fsp3) is 0.333. The monoisotopic (exact) mass is 274 g/mol. The molecule has 0 unspecified atom stereocenters. The number of ketones is 2. The Bertz CT molecular complexity index is 682. The van der Waals surface area contributed by atoms with E-state index in [9.17, 15) is 19.8 Å². The number of carbonyl (C=O) groups excluding carboxylic acids is 2. The van der Waals surface area contributed by atoms with Gasteiger partial charge in [0.25, 0.3) is 0 Å². The van der Waals surface area contributed by atoms with Crippen LogP contribution in [0.5, 0.6) is 17.2 Å². The van der Waals surface area contributed by atoms with Gasteiger partial charge in [-0.25, -0.2) is 0 Å². The predicted octanol–water partition coefficient (Wildman–Crippen LogP) is 2.14. The number of aromatic hydroxyl groups is 2. The van der Waals surface area contributed by atoms with E-state index in [4.69, 9.17) is 4.74 Å². The Morgan fingerprint density at radius 1 is 1.05 bits per heavy atom. The first-order valence-corrected chi connectivity index (χ1v) is 6.38. The third-order valence-corrected chi connectivity index (χ3v) is 3.73. The molecular formula is C15H14O5. The van der Waals surface area contributed by atoms with Crippen LogP contribution in [-0.2, 0) is 6.42 Å². The van der Waals surface area contributed by atoms with Crippen LogP contribution in [0.3, 0.4) is 0 Å². The Kier molecular flexibility index (Phi) is 2.45. The fourth-order valence-electron chi connectivity index (χ4n) is 2.64. The lowest BCUT2D eigenvalue weighted by Gasteiger charge is -2.34. The van der Waals surface area contributed by atoms with Gasteiger partial charge in [-0.2, -0.15) is 0 Å². The van der Waals surface area contributed by atoms with Crippen molar-refractivity contribution in [3.63, 3.8) is 0 Å². The summed E-state index contributed by atoms with van der Waals surface area (Å²) in [4.78, 5) is 23.8. The zero-order valence-corrected chi connectivity index (χ0v) is 11.2. The second-order valence-electron chi connectivity index (χ2n) is 5.68. The van der Waals surface area contributed by atoms with Crippen molar-refractivity contribution in [1.29, 1.82) is 0 Å². The van der Waals surface area contributed by atoms with Crippen LogP contribution in [0.4, 0.5) is 0 Å². The molecule has 3 rings (SSSR count). The largest absolute Gasteiger partial charge is 0.507 e. The topological polar surface area (TPSA) is 83.8 Å². The maximum Gasteiger partial charge on any atom is 0.190 e. The standard InChI is InChI=1S/C15H14O5/c1-15(2)6-5-7-12(18)10-8(16)3-4-9(17)11(10)13(19)14(7)20-15/h3-4,18-19H,5-6H2,1-2H3. The summed E-state index contributed by atoms with van der Waals surface area (Å²) in [6.07, 6.45) is 3.30. The van der Waals surface area contributed by atoms with Gasteiger partial charge in [-0.15, -0.1) is 0 Å². The zero-order chi connectivity index (χ0) is 14.7. The van der Waals surface area contributed by atoms with Crippen LogP contribution in [-0.4, -0.2) is 27.4 Å². The number of phenols is 2. The molecule has 0 radical (unpaired) electrons. The summed E-state index contributed by atoms with van der Waals surface area (Å²) in [5, 5.41) is 20.5. The Hall–Kier alpha value is -2.30. The van der Waals surface area contributed by atoms with Crippen molar-refractivity contribution in [2.24, 2.45) is 0 Å². The first kappa shape index (κ1) is 12.7. The maximum atomic E-state index is 11.9. The van der Waals surface area contributed by atoms with Crippen molar-refractivity contribution in [2.45, 2.75) is 32.3 Å². The normalized spacial score (nSPS) is 19.3. The van der Waals surface area contributed by atoms with Crippen molar-refractivity contribution in [1.82, 2.24) is 0 Å². The zero-order valence-electron chi connectivity index (χ0n) is 11.2. The molecule has 20 heavy (non-hydrogen) atoms. The Morgan fingerprint density at radius 2 is 1.60 bits per heavy atom. The molecule has 1 aliphatic heterocycles. The van der Waals surface area contributed by atoms with Gasteiger partial charge in [0.1, 0.15) is 11.4 Å². The van der Waals surface area contributed by atoms with Gasteiger partial charge in [-0.3, -0.25) is 9.59 Å². The molecule has 1 aromatic rings. The van der Waals surface area contributed by atoms with E-state index >= 15 is 0 Å². The molecule has 1 aromatic carbocycles. The summed E-state index contributed by atoms with van der Waals surface area (Å²) >= 11 is 0. The number of hydrogen-bond donors (Lipinski definition) is 2. The van der Waals surface area contributed by atoms with Gasteiger partial charge < -0.3 is 14.9 Å². The van der Waals surface area contributed by atoms with Crippen LogP contribution in [0, 0.1) is 0 Å². The molecule has 1 heterocycles. The molecule has 0 saturated heterocycles. The van der Waals surface area contributed by atoms with Crippen LogP contribution >= 0.6 is 0 Å². The van der Waals surface area contributed by atoms with Gasteiger partial charge in [0.15, 0.2) is 23.1 Å². The fourth-order valence-corrected chi connectivity index (χ4v) is 2.64. The van der Waals surface area contributed by atoms with E-state index in [0.29, 0.717) is 18.4 Å². The van der Waals surface area contributed by atoms with E-state index in [-0.39, 0.29) is 28.4 Å². The number of carbonyl (C=O) groups is 2. The molecule has 5 heteroatoms. The highest BCUT2D eigenvalue weighted by molar-refractivity contribution is 6.24. The van der Waals surface area contributed by atoms with Crippen molar-refractivity contribution in [3.05, 3.63) is 28.8 Å². The lowest BCUT2D eigenvalue weighted by atomic mass is 9.86. The van der Waals surface area contributed by atoms with Gasteiger partial charge in [0.05, 0.1) is 11.1 Å². The lowest BCUT2D eigenvalue weighted by Crippen LogP contribution is -2.33. The molecular weight excluding hydrogens is 260 g/mol. The SMILES string of the molecule is CC1(C)CCc2c(O)c3c(c(O)c2O1)C(=O)C=CC3=O. The molecule has 0 amide bonds. The number of rotatable bonds is 0. The van der Waals surface area contributed by atoms with Gasteiger partial charge in [-0.05, 0) is 38.8 Å². The van der Waals surface area contributed by atoms with E-state index in [0.717, 1.165) is 12.2 Å². The van der Waals surface area contributed by atoms with Crippen molar-refractivity contribution >= 4 is 11.6 Å². The lowest BCUT2D eigenvalue weighted by molar-refractivity contribution is 0.0785. The van der Waals surface area contributed by atoms with E-state index in [2.05, 4.69) is 0 Å². The second kappa shape index (κ2) is 3.85. The first-order valence-electron chi connectivity index (χ1n) is 6.38. The van der Waals surface area contributed by atoms with Crippen LogP contribution in [0.1, 0.15) is 46.5 Å². The average molecular weight is 274 g/mol. The summed E-state index contributed by atoms with van der Waals surface area (Å²) in [6.45, 7) is 3.72. The van der Waals surface area contributed by atoms with Crippen LogP contribution in [0.25, 0.3) is 0 Å². The van der Waals surface area contributed by atoms with Crippen molar-refractivity contribution < 1.29 is 24.5 Å². The smallest absolute Gasteiger partial charge is 0.190 e. The van der Waals surface area contributed by atoms with Gasteiger partial charge in [0.2, 0.25) is 0 Å². The maximum absolute atomic E-state index is 11.9. The number of ether oxygens (including phenoxy) is 1. The molecule has 104 valence electrons.